The molecule has 0 amide bonds. The molecule has 72 valence electrons. The lowest BCUT2D eigenvalue weighted by molar-refractivity contribution is 0.0691. The number of anilines is 1. The number of carboxylic acids is 1. The molecule has 0 fully saturated rings. The minimum absolute atomic E-state index is 0.00250. The first-order valence-corrected chi connectivity index (χ1v) is 3.89. The molecule has 14 heavy (non-hydrogen) atoms. The second-order valence-corrected chi connectivity index (χ2v) is 2.95. The van der Waals surface area contributed by atoms with Crippen molar-refractivity contribution in [1.29, 1.82) is 0 Å². The molecular formula is C9H7FN2O2. The second kappa shape index (κ2) is 2.73. The summed E-state index contributed by atoms with van der Waals surface area (Å²) >= 11 is 0. The Labute approximate surface area is 78.1 Å². The van der Waals surface area contributed by atoms with Crippen LogP contribution in [0.1, 0.15) is 10.5 Å². The van der Waals surface area contributed by atoms with Crippen LogP contribution in [0.2, 0.25) is 0 Å². The highest BCUT2D eigenvalue weighted by molar-refractivity contribution is 5.97. The lowest BCUT2D eigenvalue weighted by Crippen LogP contribution is -1.95. The Morgan fingerprint density at radius 1 is 1.43 bits per heavy atom. The van der Waals surface area contributed by atoms with Crippen molar-refractivity contribution in [3.8, 4) is 0 Å². The Kier molecular flexibility index (Phi) is 1.67. The van der Waals surface area contributed by atoms with E-state index in [2.05, 4.69) is 4.98 Å². The Hall–Kier alpha value is -2.04. The maximum atomic E-state index is 12.9. The number of carbonyl (C=O) groups is 1. The Balaban J connectivity index is 2.76. The number of rotatable bonds is 1. The summed E-state index contributed by atoms with van der Waals surface area (Å²) in [6.07, 6.45) is 0. The number of hydrogen-bond acceptors (Lipinski definition) is 2. The van der Waals surface area contributed by atoms with Crippen LogP contribution in [-0.2, 0) is 0 Å². The minimum Gasteiger partial charge on any atom is -0.477 e. The molecule has 0 aliphatic heterocycles. The van der Waals surface area contributed by atoms with Crippen molar-refractivity contribution >= 4 is 22.6 Å². The van der Waals surface area contributed by atoms with Gasteiger partial charge in [0, 0.05) is 5.39 Å². The fraction of sp³-hybridized carbons (Fsp3) is 0. The average Bonchev–Trinajstić information content (AvgIpc) is 2.47. The Morgan fingerprint density at radius 2 is 2.14 bits per heavy atom. The summed E-state index contributed by atoms with van der Waals surface area (Å²) < 4.78 is 12.9. The summed E-state index contributed by atoms with van der Waals surface area (Å²) in [5.74, 6) is -1.58. The van der Waals surface area contributed by atoms with Gasteiger partial charge in [0.05, 0.1) is 11.2 Å². The van der Waals surface area contributed by atoms with Crippen molar-refractivity contribution in [3.63, 3.8) is 0 Å². The zero-order chi connectivity index (χ0) is 10.3. The van der Waals surface area contributed by atoms with E-state index in [1.165, 1.54) is 12.1 Å². The van der Waals surface area contributed by atoms with Gasteiger partial charge in [0.1, 0.15) is 11.5 Å². The van der Waals surface area contributed by atoms with Gasteiger partial charge in [-0.2, -0.15) is 0 Å². The van der Waals surface area contributed by atoms with Crippen molar-refractivity contribution in [2.45, 2.75) is 0 Å². The summed E-state index contributed by atoms with van der Waals surface area (Å²) in [4.78, 5) is 13.2. The zero-order valence-corrected chi connectivity index (χ0v) is 7.04. The predicted molar refractivity (Wildman–Crippen MR) is 49.6 cm³/mol. The van der Waals surface area contributed by atoms with E-state index in [9.17, 15) is 9.18 Å². The van der Waals surface area contributed by atoms with Gasteiger partial charge in [-0.1, -0.05) is 0 Å². The topological polar surface area (TPSA) is 79.1 Å². The fourth-order valence-electron chi connectivity index (χ4n) is 1.35. The molecule has 1 heterocycles. The summed E-state index contributed by atoms with van der Waals surface area (Å²) in [6.45, 7) is 0. The molecule has 4 N–H and O–H groups in total. The van der Waals surface area contributed by atoms with Crippen LogP contribution in [0.3, 0.4) is 0 Å². The number of halogens is 1. The molecule has 0 spiro atoms. The number of fused-ring (bicyclic) bond motifs is 1. The Morgan fingerprint density at radius 3 is 2.79 bits per heavy atom. The fourth-order valence-corrected chi connectivity index (χ4v) is 1.35. The van der Waals surface area contributed by atoms with E-state index in [0.717, 1.165) is 6.07 Å². The summed E-state index contributed by atoms with van der Waals surface area (Å²) in [6, 6.07) is 3.72. The van der Waals surface area contributed by atoms with Crippen LogP contribution < -0.4 is 5.73 Å². The molecule has 4 nitrogen and oxygen atoms in total. The van der Waals surface area contributed by atoms with E-state index in [1.807, 2.05) is 0 Å². The zero-order valence-electron chi connectivity index (χ0n) is 7.04. The number of aromatic nitrogens is 1. The van der Waals surface area contributed by atoms with Crippen molar-refractivity contribution in [2.24, 2.45) is 0 Å². The van der Waals surface area contributed by atoms with Gasteiger partial charge in [0.15, 0.2) is 0 Å². The van der Waals surface area contributed by atoms with Gasteiger partial charge in [-0.15, -0.1) is 0 Å². The summed E-state index contributed by atoms with van der Waals surface area (Å²) in [5, 5.41) is 9.14. The molecule has 1 aromatic carbocycles. The van der Waals surface area contributed by atoms with Crippen LogP contribution in [-0.4, -0.2) is 16.1 Å². The maximum Gasteiger partial charge on any atom is 0.352 e. The van der Waals surface area contributed by atoms with Crippen molar-refractivity contribution < 1.29 is 14.3 Å². The van der Waals surface area contributed by atoms with Crippen LogP contribution in [0, 0.1) is 5.82 Å². The smallest absolute Gasteiger partial charge is 0.352 e. The van der Waals surface area contributed by atoms with Gasteiger partial charge >= 0.3 is 5.97 Å². The minimum atomic E-state index is -1.10. The third kappa shape index (κ3) is 1.19. The number of aromatic carboxylic acids is 1. The third-order valence-corrected chi connectivity index (χ3v) is 1.95. The molecule has 0 radical (unpaired) electrons. The van der Waals surface area contributed by atoms with Crippen LogP contribution in [0.4, 0.5) is 10.1 Å². The predicted octanol–water partition coefficient (Wildman–Crippen LogP) is 1.59. The van der Waals surface area contributed by atoms with Gasteiger partial charge in [0.2, 0.25) is 0 Å². The number of nitrogens with one attached hydrogen (secondary N) is 1. The number of hydrogen-bond donors (Lipinski definition) is 3. The second-order valence-electron chi connectivity index (χ2n) is 2.95. The number of carboxylic acid groups (broad SMARTS) is 1. The lowest BCUT2D eigenvalue weighted by atomic mass is 10.2. The van der Waals surface area contributed by atoms with Gasteiger partial charge in [-0.25, -0.2) is 9.18 Å². The SMILES string of the molecule is Nc1cc(F)cc2cc(C(=O)O)[nH]c12. The van der Waals surface area contributed by atoms with Gasteiger partial charge in [-0.3, -0.25) is 0 Å². The molecule has 0 unspecified atom stereocenters. The molecular weight excluding hydrogens is 187 g/mol. The summed E-state index contributed by atoms with van der Waals surface area (Å²) in [5.41, 5.74) is 6.15. The molecule has 5 heteroatoms. The molecule has 0 atom stereocenters. The first-order chi connectivity index (χ1) is 6.58. The maximum absolute atomic E-state index is 12.9. The van der Waals surface area contributed by atoms with Crippen LogP contribution in [0.15, 0.2) is 18.2 Å². The van der Waals surface area contributed by atoms with E-state index in [0.29, 0.717) is 10.9 Å². The van der Waals surface area contributed by atoms with Crippen LogP contribution >= 0.6 is 0 Å². The van der Waals surface area contributed by atoms with Crippen molar-refractivity contribution in [3.05, 3.63) is 29.7 Å². The van der Waals surface area contributed by atoms with E-state index < -0.39 is 11.8 Å². The van der Waals surface area contributed by atoms with E-state index in [-0.39, 0.29) is 11.4 Å². The molecule has 0 aliphatic carbocycles. The van der Waals surface area contributed by atoms with Gasteiger partial charge in [0.25, 0.3) is 0 Å². The lowest BCUT2D eigenvalue weighted by Gasteiger charge is -1.95. The number of benzene rings is 1. The molecule has 0 saturated heterocycles. The van der Waals surface area contributed by atoms with E-state index >= 15 is 0 Å². The molecule has 0 aliphatic rings. The highest BCUT2D eigenvalue weighted by Crippen LogP contribution is 2.22. The Bertz CT molecular complexity index is 519. The van der Waals surface area contributed by atoms with E-state index in [1.54, 1.807) is 0 Å². The number of nitrogens with two attached hydrogens (primary N) is 1. The van der Waals surface area contributed by atoms with Gasteiger partial charge < -0.3 is 15.8 Å². The molecule has 0 saturated carbocycles. The third-order valence-electron chi connectivity index (χ3n) is 1.95. The largest absolute Gasteiger partial charge is 0.477 e. The number of nitrogen functional groups attached to an aromatic ring is 1. The quantitative estimate of drug-likeness (QED) is 0.603. The van der Waals surface area contributed by atoms with Crippen LogP contribution in [0.25, 0.3) is 10.9 Å². The molecule has 2 aromatic rings. The summed E-state index contributed by atoms with van der Waals surface area (Å²) in [7, 11) is 0. The average molecular weight is 194 g/mol. The highest BCUT2D eigenvalue weighted by Gasteiger charge is 2.10. The van der Waals surface area contributed by atoms with Crippen molar-refractivity contribution in [2.75, 3.05) is 5.73 Å². The highest BCUT2D eigenvalue weighted by atomic mass is 19.1. The standard InChI is InChI=1S/C9H7FN2O2/c10-5-1-4-2-7(9(13)14)12-8(4)6(11)3-5/h1-3,12H,11H2,(H,13,14). The van der Waals surface area contributed by atoms with E-state index in [4.69, 9.17) is 10.8 Å². The number of aromatic amines is 1. The first-order valence-electron chi connectivity index (χ1n) is 3.89. The van der Waals surface area contributed by atoms with Gasteiger partial charge in [-0.05, 0) is 18.2 Å². The normalized spacial score (nSPS) is 10.6. The van der Waals surface area contributed by atoms with Crippen molar-refractivity contribution in [1.82, 2.24) is 4.98 Å². The monoisotopic (exact) mass is 194 g/mol. The van der Waals surface area contributed by atoms with Crippen LogP contribution in [0.5, 0.6) is 0 Å². The molecule has 0 bridgehead atoms. The molecule has 2 rings (SSSR count). The first kappa shape index (κ1) is 8.55. The molecule has 1 aromatic heterocycles. The number of H-pyrrole nitrogens is 1.